The number of ketones is 1. The monoisotopic (exact) mass is 376 g/mol. The fraction of sp³-hybridized carbons (Fsp3) is 0.417. The molecule has 0 spiro atoms. The molecule has 0 bridgehead atoms. The quantitative estimate of drug-likeness (QED) is 0.476. The largest absolute Gasteiger partial charge is 0.490 e. The van der Waals surface area contributed by atoms with Crippen molar-refractivity contribution in [2.24, 2.45) is 5.92 Å². The van der Waals surface area contributed by atoms with Gasteiger partial charge in [0.15, 0.2) is 5.78 Å². The molecule has 1 saturated carbocycles. The second-order valence-electron chi connectivity index (χ2n) is 8.17. The first-order valence-corrected chi connectivity index (χ1v) is 10.3. The highest BCUT2D eigenvalue weighted by atomic mass is 16.5. The first-order valence-electron chi connectivity index (χ1n) is 10.3. The van der Waals surface area contributed by atoms with Gasteiger partial charge in [0.25, 0.3) is 0 Å². The van der Waals surface area contributed by atoms with E-state index < -0.39 is 0 Å². The number of hydrogen-bond donors (Lipinski definition) is 0. The van der Waals surface area contributed by atoms with Crippen LogP contribution < -0.4 is 4.74 Å². The average molecular weight is 376 g/mol. The van der Waals surface area contributed by atoms with Crippen LogP contribution in [0.25, 0.3) is 5.52 Å². The van der Waals surface area contributed by atoms with Crippen molar-refractivity contribution in [3.05, 3.63) is 66.0 Å². The lowest BCUT2D eigenvalue weighted by Gasteiger charge is -2.36. The number of carbonyl (C=O) groups is 1. The van der Waals surface area contributed by atoms with Crippen LogP contribution in [-0.2, 0) is 0 Å². The molecular formula is C24H28N2O2. The maximum atomic E-state index is 12.5. The van der Waals surface area contributed by atoms with Gasteiger partial charge in [-0.25, -0.2) is 4.52 Å². The van der Waals surface area contributed by atoms with Gasteiger partial charge in [-0.15, -0.1) is 0 Å². The Labute approximate surface area is 166 Å². The molecule has 0 radical (unpaired) electrons. The Morgan fingerprint density at radius 3 is 2.79 bits per heavy atom. The van der Waals surface area contributed by atoms with Gasteiger partial charge in [0, 0.05) is 12.6 Å². The zero-order valence-electron chi connectivity index (χ0n) is 16.7. The highest BCUT2D eigenvalue weighted by molar-refractivity contribution is 6.02. The van der Waals surface area contributed by atoms with Crippen LogP contribution in [-0.4, -0.2) is 21.5 Å². The van der Waals surface area contributed by atoms with Gasteiger partial charge < -0.3 is 4.74 Å². The minimum Gasteiger partial charge on any atom is -0.490 e. The second-order valence-corrected chi connectivity index (χ2v) is 8.17. The molecule has 146 valence electrons. The van der Waals surface area contributed by atoms with Crippen LogP contribution in [0.15, 0.2) is 54.9 Å². The lowest BCUT2D eigenvalue weighted by molar-refractivity contribution is 0.0581. The van der Waals surface area contributed by atoms with Gasteiger partial charge in [-0.2, -0.15) is 5.10 Å². The molecule has 0 N–H and O–H groups in total. The first-order chi connectivity index (χ1) is 13.6. The molecule has 1 fully saturated rings. The van der Waals surface area contributed by atoms with E-state index in [2.05, 4.69) is 37.1 Å². The van der Waals surface area contributed by atoms with Crippen molar-refractivity contribution in [2.45, 2.75) is 58.0 Å². The Kier molecular flexibility index (Phi) is 5.47. The lowest BCUT2D eigenvalue weighted by atomic mass is 9.78. The van der Waals surface area contributed by atoms with Crippen molar-refractivity contribution in [1.82, 2.24) is 9.61 Å². The summed E-state index contributed by atoms with van der Waals surface area (Å²) in [4.78, 5) is 12.5. The maximum absolute atomic E-state index is 12.5. The number of para-hydroxylation sites is 1. The summed E-state index contributed by atoms with van der Waals surface area (Å²) >= 11 is 0. The fourth-order valence-corrected chi connectivity index (χ4v) is 4.09. The summed E-state index contributed by atoms with van der Waals surface area (Å²) in [6, 6.07) is 14.2. The Bertz CT molecular complexity index is 954. The number of nitrogens with zero attached hydrogens (tertiary/aromatic N) is 2. The highest BCUT2D eigenvalue weighted by Crippen LogP contribution is 2.37. The number of benzene rings is 1. The molecular weight excluding hydrogens is 348 g/mol. The Morgan fingerprint density at radius 2 is 1.96 bits per heavy atom. The number of Topliss-reactive ketones (excluding diaryl/α,β-unsaturated/α-hetero) is 1. The number of hydrogen-bond acceptors (Lipinski definition) is 3. The standard InChI is InChI=1S/C24H28N2O2/c1-17(2)20-9-3-4-12-24(20)28-19-14-18(15-19)8-7-11-23(27)21-16-25-26-13-6-5-10-22(21)26/h3-6,9-10,12-13,16-19H,7-8,11,14-15H2,1-2H3. The number of carbonyl (C=O) groups excluding carboxylic acids is 1. The van der Waals surface area contributed by atoms with Crippen molar-refractivity contribution in [3.63, 3.8) is 0 Å². The summed E-state index contributed by atoms with van der Waals surface area (Å²) in [7, 11) is 0. The van der Waals surface area contributed by atoms with Gasteiger partial charge in [0.2, 0.25) is 0 Å². The first kappa shape index (κ1) is 18.7. The van der Waals surface area contributed by atoms with Crippen LogP contribution in [0, 0.1) is 5.92 Å². The molecule has 4 nitrogen and oxygen atoms in total. The van der Waals surface area contributed by atoms with E-state index in [0.717, 1.165) is 42.5 Å². The van der Waals surface area contributed by atoms with Gasteiger partial charge in [0.05, 0.1) is 23.4 Å². The molecule has 0 unspecified atom stereocenters. The number of aromatic nitrogens is 2. The molecule has 28 heavy (non-hydrogen) atoms. The molecule has 1 aliphatic carbocycles. The number of rotatable bonds is 8. The molecule has 0 saturated heterocycles. The van der Waals surface area contributed by atoms with E-state index >= 15 is 0 Å². The van der Waals surface area contributed by atoms with Crippen LogP contribution in [0.3, 0.4) is 0 Å². The normalized spacial score (nSPS) is 19.0. The van der Waals surface area contributed by atoms with E-state index in [-0.39, 0.29) is 5.78 Å². The minimum atomic E-state index is 0.194. The van der Waals surface area contributed by atoms with Crippen molar-refractivity contribution in [3.8, 4) is 5.75 Å². The molecule has 4 heteroatoms. The number of pyridine rings is 1. The third kappa shape index (κ3) is 3.96. The van der Waals surface area contributed by atoms with E-state index in [9.17, 15) is 4.79 Å². The summed E-state index contributed by atoms with van der Waals surface area (Å²) in [5.74, 6) is 2.37. The van der Waals surface area contributed by atoms with Crippen LogP contribution in [0.1, 0.15) is 67.8 Å². The van der Waals surface area contributed by atoms with E-state index in [1.54, 1.807) is 10.7 Å². The summed E-state index contributed by atoms with van der Waals surface area (Å²) in [5, 5.41) is 4.26. The molecule has 3 aromatic rings. The average Bonchev–Trinajstić information content (AvgIpc) is 3.10. The van der Waals surface area contributed by atoms with Crippen molar-refractivity contribution < 1.29 is 9.53 Å². The van der Waals surface area contributed by atoms with Gasteiger partial charge >= 0.3 is 0 Å². The molecule has 0 amide bonds. The van der Waals surface area contributed by atoms with Crippen LogP contribution in [0.4, 0.5) is 0 Å². The Morgan fingerprint density at radius 1 is 1.18 bits per heavy atom. The smallest absolute Gasteiger partial charge is 0.166 e. The summed E-state index contributed by atoms with van der Waals surface area (Å²) in [6.07, 6.45) is 8.69. The molecule has 1 aromatic carbocycles. The van der Waals surface area contributed by atoms with Crippen molar-refractivity contribution >= 4 is 11.3 Å². The van der Waals surface area contributed by atoms with Crippen LogP contribution >= 0.6 is 0 Å². The number of fused-ring (bicyclic) bond motifs is 1. The molecule has 2 aromatic heterocycles. The van der Waals surface area contributed by atoms with Crippen molar-refractivity contribution in [1.29, 1.82) is 0 Å². The summed E-state index contributed by atoms with van der Waals surface area (Å²) < 4.78 is 7.99. The predicted octanol–water partition coefficient (Wildman–Crippen LogP) is 5.67. The van der Waals surface area contributed by atoms with E-state index in [0.29, 0.717) is 24.4 Å². The van der Waals surface area contributed by atoms with Crippen molar-refractivity contribution in [2.75, 3.05) is 0 Å². The number of ether oxygens (including phenoxy) is 1. The third-order valence-corrected chi connectivity index (χ3v) is 5.77. The van der Waals surface area contributed by atoms with Crippen LogP contribution in [0.2, 0.25) is 0 Å². The zero-order chi connectivity index (χ0) is 19.5. The summed E-state index contributed by atoms with van der Waals surface area (Å²) in [6.45, 7) is 4.40. The third-order valence-electron chi connectivity index (χ3n) is 5.77. The molecule has 0 atom stereocenters. The van der Waals surface area contributed by atoms with Gasteiger partial charge in [-0.1, -0.05) is 38.1 Å². The van der Waals surface area contributed by atoms with Gasteiger partial charge in [0.1, 0.15) is 5.75 Å². The Balaban J connectivity index is 1.22. The molecule has 2 heterocycles. The highest BCUT2D eigenvalue weighted by Gasteiger charge is 2.31. The van der Waals surface area contributed by atoms with E-state index in [1.807, 2.05) is 30.5 Å². The Hall–Kier alpha value is -2.62. The van der Waals surface area contributed by atoms with E-state index in [4.69, 9.17) is 4.74 Å². The predicted molar refractivity (Wildman–Crippen MR) is 111 cm³/mol. The molecule has 4 rings (SSSR count). The second kappa shape index (κ2) is 8.17. The summed E-state index contributed by atoms with van der Waals surface area (Å²) in [5.41, 5.74) is 2.92. The minimum absolute atomic E-state index is 0.194. The van der Waals surface area contributed by atoms with E-state index in [1.165, 1.54) is 5.56 Å². The van der Waals surface area contributed by atoms with Crippen LogP contribution in [0.5, 0.6) is 5.75 Å². The topological polar surface area (TPSA) is 43.6 Å². The fourth-order valence-electron chi connectivity index (χ4n) is 4.09. The zero-order valence-corrected chi connectivity index (χ0v) is 16.7. The lowest BCUT2D eigenvalue weighted by Crippen LogP contribution is -2.34. The molecule has 1 aliphatic rings. The van der Waals surface area contributed by atoms with Gasteiger partial charge in [-0.3, -0.25) is 4.79 Å². The SMILES string of the molecule is CC(C)c1ccccc1OC1CC(CCCC(=O)c2cnn3ccccc23)C1. The molecule has 0 aliphatic heterocycles. The maximum Gasteiger partial charge on any atom is 0.166 e. The van der Waals surface area contributed by atoms with Gasteiger partial charge in [-0.05, 0) is 61.3 Å².